The molecule has 0 aliphatic carbocycles. The van der Waals surface area contributed by atoms with Gasteiger partial charge in [0.15, 0.2) is 0 Å². The SMILES string of the molecule is Fc1cccc(Cl)c1CNc1cccc2cc(Br)cnc12. The number of hydrogen-bond acceptors (Lipinski definition) is 2. The molecule has 106 valence electrons. The van der Waals surface area contributed by atoms with E-state index in [2.05, 4.69) is 26.2 Å². The quantitative estimate of drug-likeness (QED) is 0.672. The van der Waals surface area contributed by atoms with Crippen molar-refractivity contribution in [3.05, 3.63) is 69.5 Å². The first-order valence-electron chi connectivity index (χ1n) is 6.36. The number of halogens is 3. The lowest BCUT2D eigenvalue weighted by molar-refractivity contribution is 0.613. The summed E-state index contributed by atoms with van der Waals surface area (Å²) in [7, 11) is 0. The molecule has 2 nitrogen and oxygen atoms in total. The standard InChI is InChI=1S/C16H11BrClFN2/c17-11-7-10-3-1-6-15(16(10)21-8-11)20-9-12-13(18)4-2-5-14(12)19/h1-8,20H,9H2. The van der Waals surface area contributed by atoms with Crippen molar-refractivity contribution in [2.75, 3.05) is 5.32 Å². The highest BCUT2D eigenvalue weighted by Gasteiger charge is 2.08. The fourth-order valence-corrected chi connectivity index (χ4v) is 2.74. The Hall–Kier alpha value is -1.65. The number of hydrogen-bond donors (Lipinski definition) is 1. The van der Waals surface area contributed by atoms with Crippen LogP contribution in [-0.2, 0) is 6.54 Å². The van der Waals surface area contributed by atoms with Crippen LogP contribution in [0.1, 0.15) is 5.56 Å². The van der Waals surface area contributed by atoms with Crippen LogP contribution in [0.2, 0.25) is 5.02 Å². The normalized spacial score (nSPS) is 10.8. The maximum absolute atomic E-state index is 13.8. The first-order valence-corrected chi connectivity index (χ1v) is 7.53. The third-order valence-corrected chi connectivity index (χ3v) is 3.98. The highest BCUT2D eigenvalue weighted by molar-refractivity contribution is 9.10. The Morgan fingerprint density at radius 1 is 1.19 bits per heavy atom. The molecular formula is C16H11BrClFN2. The van der Waals surface area contributed by atoms with E-state index in [0.717, 1.165) is 21.1 Å². The van der Waals surface area contributed by atoms with E-state index in [-0.39, 0.29) is 5.82 Å². The van der Waals surface area contributed by atoms with Crippen LogP contribution < -0.4 is 5.32 Å². The lowest BCUT2D eigenvalue weighted by Crippen LogP contribution is -2.03. The van der Waals surface area contributed by atoms with Crippen molar-refractivity contribution in [1.29, 1.82) is 0 Å². The van der Waals surface area contributed by atoms with E-state index in [1.165, 1.54) is 6.07 Å². The molecular weight excluding hydrogens is 355 g/mol. The van der Waals surface area contributed by atoms with Crippen LogP contribution >= 0.6 is 27.5 Å². The predicted octanol–water partition coefficient (Wildman–Crippen LogP) is 5.40. The van der Waals surface area contributed by atoms with Crippen LogP contribution in [0.25, 0.3) is 10.9 Å². The Morgan fingerprint density at radius 3 is 2.81 bits per heavy atom. The van der Waals surface area contributed by atoms with Crippen molar-refractivity contribution in [3.63, 3.8) is 0 Å². The Bertz CT molecular complexity index is 787. The summed E-state index contributed by atoms with van der Waals surface area (Å²) in [5, 5.41) is 4.63. The first kappa shape index (κ1) is 14.3. The predicted molar refractivity (Wildman–Crippen MR) is 88.2 cm³/mol. The van der Waals surface area contributed by atoms with Gasteiger partial charge in [0.1, 0.15) is 5.82 Å². The van der Waals surface area contributed by atoms with E-state index in [1.807, 2.05) is 24.3 Å². The minimum atomic E-state index is -0.314. The number of anilines is 1. The third kappa shape index (κ3) is 3.01. The third-order valence-electron chi connectivity index (χ3n) is 3.19. The smallest absolute Gasteiger partial charge is 0.129 e. The average Bonchev–Trinajstić information content (AvgIpc) is 2.46. The second-order valence-corrected chi connectivity index (χ2v) is 5.91. The van der Waals surface area contributed by atoms with Gasteiger partial charge in [-0.2, -0.15) is 0 Å². The van der Waals surface area contributed by atoms with Gasteiger partial charge in [-0.3, -0.25) is 4.98 Å². The van der Waals surface area contributed by atoms with E-state index in [4.69, 9.17) is 11.6 Å². The van der Waals surface area contributed by atoms with Gasteiger partial charge in [-0.05, 0) is 40.2 Å². The average molecular weight is 366 g/mol. The minimum absolute atomic E-state index is 0.308. The minimum Gasteiger partial charge on any atom is -0.379 e. The molecule has 1 heterocycles. The highest BCUT2D eigenvalue weighted by atomic mass is 79.9. The number of aromatic nitrogens is 1. The lowest BCUT2D eigenvalue weighted by atomic mass is 10.1. The zero-order valence-electron chi connectivity index (χ0n) is 10.9. The van der Waals surface area contributed by atoms with E-state index < -0.39 is 0 Å². The van der Waals surface area contributed by atoms with Crippen LogP contribution in [0.3, 0.4) is 0 Å². The molecule has 3 rings (SSSR count). The van der Waals surface area contributed by atoms with Crippen molar-refractivity contribution in [3.8, 4) is 0 Å². The van der Waals surface area contributed by atoms with Crippen LogP contribution in [0.15, 0.2) is 53.1 Å². The molecule has 5 heteroatoms. The Balaban J connectivity index is 1.92. The molecule has 0 saturated carbocycles. The van der Waals surface area contributed by atoms with Crippen LogP contribution in [0.4, 0.5) is 10.1 Å². The van der Waals surface area contributed by atoms with E-state index in [9.17, 15) is 4.39 Å². The van der Waals surface area contributed by atoms with Crippen molar-refractivity contribution < 1.29 is 4.39 Å². The Morgan fingerprint density at radius 2 is 2.00 bits per heavy atom. The van der Waals surface area contributed by atoms with Crippen LogP contribution in [0, 0.1) is 5.82 Å². The van der Waals surface area contributed by atoms with E-state index in [0.29, 0.717) is 17.1 Å². The van der Waals surface area contributed by atoms with Gasteiger partial charge in [0.05, 0.1) is 11.2 Å². The molecule has 1 aromatic heterocycles. The summed E-state index contributed by atoms with van der Waals surface area (Å²) >= 11 is 9.43. The molecule has 2 aromatic carbocycles. The van der Waals surface area contributed by atoms with Crippen LogP contribution in [0.5, 0.6) is 0 Å². The van der Waals surface area contributed by atoms with Crippen molar-refractivity contribution in [2.24, 2.45) is 0 Å². The van der Waals surface area contributed by atoms with E-state index in [1.54, 1.807) is 18.3 Å². The number of para-hydroxylation sites is 1. The monoisotopic (exact) mass is 364 g/mol. The molecule has 0 atom stereocenters. The number of rotatable bonds is 3. The summed E-state index contributed by atoms with van der Waals surface area (Å²) in [6.45, 7) is 0.308. The summed E-state index contributed by atoms with van der Waals surface area (Å²) in [6, 6.07) is 12.5. The van der Waals surface area contributed by atoms with Gasteiger partial charge in [0, 0.05) is 33.2 Å². The summed E-state index contributed by atoms with van der Waals surface area (Å²) in [5.74, 6) is -0.314. The lowest BCUT2D eigenvalue weighted by Gasteiger charge is -2.11. The Kier molecular flexibility index (Phi) is 4.08. The number of pyridine rings is 1. The number of fused-ring (bicyclic) bond motifs is 1. The van der Waals surface area contributed by atoms with E-state index >= 15 is 0 Å². The van der Waals surface area contributed by atoms with Crippen LogP contribution in [-0.4, -0.2) is 4.98 Å². The number of nitrogens with zero attached hydrogens (tertiary/aromatic N) is 1. The van der Waals surface area contributed by atoms with Gasteiger partial charge in [-0.1, -0.05) is 29.8 Å². The molecule has 0 amide bonds. The number of benzene rings is 2. The second kappa shape index (κ2) is 6.00. The molecule has 1 N–H and O–H groups in total. The fourth-order valence-electron chi connectivity index (χ4n) is 2.16. The molecule has 0 aliphatic heterocycles. The molecule has 0 bridgehead atoms. The molecule has 0 radical (unpaired) electrons. The fraction of sp³-hybridized carbons (Fsp3) is 0.0625. The molecule has 21 heavy (non-hydrogen) atoms. The van der Waals surface area contributed by atoms with Gasteiger partial charge in [-0.15, -0.1) is 0 Å². The topological polar surface area (TPSA) is 24.9 Å². The first-order chi connectivity index (χ1) is 10.1. The van der Waals surface area contributed by atoms with Gasteiger partial charge in [-0.25, -0.2) is 4.39 Å². The Labute approximate surface area is 135 Å². The van der Waals surface area contributed by atoms with Gasteiger partial charge < -0.3 is 5.32 Å². The highest BCUT2D eigenvalue weighted by Crippen LogP contribution is 2.26. The van der Waals surface area contributed by atoms with Gasteiger partial charge in [0.25, 0.3) is 0 Å². The molecule has 0 spiro atoms. The molecule has 0 unspecified atom stereocenters. The zero-order chi connectivity index (χ0) is 14.8. The van der Waals surface area contributed by atoms with Crippen molar-refractivity contribution >= 4 is 44.1 Å². The van der Waals surface area contributed by atoms with Crippen molar-refractivity contribution in [1.82, 2.24) is 4.98 Å². The number of nitrogens with one attached hydrogen (secondary N) is 1. The molecule has 0 aliphatic rings. The summed E-state index contributed by atoms with van der Waals surface area (Å²) in [4.78, 5) is 4.40. The van der Waals surface area contributed by atoms with Crippen molar-refractivity contribution in [2.45, 2.75) is 6.54 Å². The zero-order valence-corrected chi connectivity index (χ0v) is 13.2. The maximum Gasteiger partial charge on any atom is 0.129 e. The second-order valence-electron chi connectivity index (χ2n) is 4.58. The van der Waals surface area contributed by atoms with Gasteiger partial charge >= 0.3 is 0 Å². The molecule has 0 saturated heterocycles. The molecule has 3 aromatic rings. The maximum atomic E-state index is 13.8. The summed E-state index contributed by atoms with van der Waals surface area (Å²) in [5.41, 5.74) is 2.14. The summed E-state index contributed by atoms with van der Waals surface area (Å²) in [6.07, 6.45) is 1.74. The summed E-state index contributed by atoms with van der Waals surface area (Å²) < 4.78 is 14.7. The largest absolute Gasteiger partial charge is 0.379 e. The van der Waals surface area contributed by atoms with Gasteiger partial charge in [0.2, 0.25) is 0 Å². The molecule has 0 fully saturated rings.